The third-order valence-corrected chi connectivity index (χ3v) is 3.82. The van der Waals surface area contributed by atoms with Gasteiger partial charge in [-0.15, -0.1) is 0 Å². The quantitative estimate of drug-likeness (QED) is 0.738. The van der Waals surface area contributed by atoms with Crippen LogP contribution in [0.3, 0.4) is 0 Å². The molecule has 0 fully saturated rings. The van der Waals surface area contributed by atoms with Crippen molar-refractivity contribution < 1.29 is 9.47 Å². The van der Waals surface area contributed by atoms with Crippen molar-refractivity contribution in [3.05, 3.63) is 40.5 Å². The first-order chi connectivity index (χ1) is 10.3. The predicted molar refractivity (Wildman–Crippen MR) is 88.2 cm³/mol. The fourth-order valence-corrected chi connectivity index (χ4v) is 2.65. The lowest BCUT2D eigenvalue weighted by atomic mass is 10.1. The lowest BCUT2D eigenvalue weighted by Gasteiger charge is -2.17. The minimum Gasteiger partial charge on any atom is -0.352 e. The van der Waals surface area contributed by atoms with Crippen molar-refractivity contribution in [1.82, 2.24) is 10.3 Å². The molecule has 0 saturated heterocycles. The van der Waals surface area contributed by atoms with Crippen LogP contribution in [0.25, 0.3) is 10.9 Å². The molecule has 1 N–H and O–H groups in total. The van der Waals surface area contributed by atoms with E-state index in [1.54, 1.807) is 0 Å². The molecule has 0 aliphatic rings. The summed E-state index contributed by atoms with van der Waals surface area (Å²) in [6.45, 7) is 6.63. The molecule has 21 heavy (non-hydrogen) atoms. The number of halogens is 1. The zero-order valence-corrected chi connectivity index (χ0v) is 14.0. The van der Waals surface area contributed by atoms with Gasteiger partial charge in [-0.25, -0.2) is 0 Å². The first-order valence-electron chi connectivity index (χ1n) is 7.22. The van der Waals surface area contributed by atoms with Crippen molar-refractivity contribution in [3.8, 4) is 0 Å². The molecule has 0 aliphatic heterocycles. The fourth-order valence-electron chi connectivity index (χ4n) is 2.20. The highest BCUT2D eigenvalue weighted by Gasteiger charge is 2.09. The second kappa shape index (κ2) is 8.44. The van der Waals surface area contributed by atoms with Crippen molar-refractivity contribution in [2.45, 2.75) is 26.7 Å². The molecule has 1 aromatic heterocycles. The van der Waals surface area contributed by atoms with E-state index in [0.29, 0.717) is 19.8 Å². The Labute approximate surface area is 134 Å². The molecule has 0 bridgehead atoms. The highest BCUT2D eigenvalue weighted by atomic mass is 79.9. The second-order valence-electron chi connectivity index (χ2n) is 4.58. The maximum Gasteiger partial charge on any atom is 0.169 e. The minimum atomic E-state index is -0.199. The van der Waals surface area contributed by atoms with E-state index in [2.05, 4.69) is 44.4 Å². The van der Waals surface area contributed by atoms with E-state index in [4.69, 9.17) is 9.47 Å². The van der Waals surface area contributed by atoms with Crippen LogP contribution in [-0.2, 0) is 16.0 Å². The number of fused-ring (bicyclic) bond motifs is 1. The molecule has 0 amide bonds. The molecule has 0 saturated carbocycles. The van der Waals surface area contributed by atoms with Crippen LogP contribution in [0, 0.1) is 0 Å². The highest BCUT2D eigenvalue weighted by molar-refractivity contribution is 9.10. The molecular formula is C16H21BrN2O2. The molecule has 0 atom stereocenters. The number of hydrogen-bond acceptors (Lipinski definition) is 4. The molecule has 4 nitrogen and oxygen atoms in total. The molecule has 0 aliphatic carbocycles. The van der Waals surface area contributed by atoms with E-state index in [-0.39, 0.29) is 6.29 Å². The van der Waals surface area contributed by atoms with Crippen LogP contribution in [0.1, 0.15) is 19.4 Å². The molecule has 1 heterocycles. The average Bonchev–Trinajstić information content (AvgIpc) is 2.50. The van der Waals surface area contributed by atoms with Crippen molar-refractivity contribution >= 4 is 26.8 Å². The van der Waals surface area contributed by atoms with Gasteiger partial charge in [-0.05, 0) is 31.5 Å². The van der Waals surface area contributed by atoms with Crippen LogP contribution < -0.4 is 5.32 Å². The minimum absolute atomic E-state index is 0.199. The summed E-state index contributed by atoms with van der Waals surface area (Å²) in [6.07, 6.45) is 1.62. The van der Waals surface area contributed by atoms with Gasteiger partial charge in [-0.2, -0.15) is 0 Å². The number of aromatic nitrogens is 1. The number of pyridine rings is 1. The largest absolute Gasteiger partial charge is 0.352 e. The zero-order chi connectivity index (χ0) is 15.1. The van der Waals surface area contributed by atoms with Gasteiger partial charge in [-0.1, -0.05) is 28.1 Å². The Kier molecular flexibility index (Phi) is 6.57. The van der Waals surface area contributed by atoms with Crippen molar-refractivity contribution in [3.63, 3.8) is 0 Å². The van der Waals surface area contributed by atoms with Crippen LogP contribution in [0.4, 0.5) is 0 Å². The molecule has 2 aromatic rings. The topological polar surface area (TPSA) is 43.4 Å². The Hall–Kier alpha value is -1.01. The Morgan fingerprint density at radius 2 is 1.95 bits per heavy atom. The maximum atomic E-state index is 5.52. The summed E-state index contributed by atoms with van der Waals surface area (Å²) in [5, 5.41) is 4.51. The van der Waals surface area contributed by atoms with Gasteiger partial charge in [0, 0.05) is 42.4 Å². The third kappa shape index (κ3) is 4.48. The van der Waals surface area contributed by atoms with E-state index in [1.807, 2.05) is 26.1 Å². The summed E-state index contributed by atoms with van der Waals surface area (Å²) >= 11 is 3.56. The molecule has 0 spiro atoms. The third-order valence-electron chi connectivity index (χ3n) is 3.13. The van der Waals surface area contributed by atoms with Gasteiger partial charge in [0.2, 0.25) is 0 Å². The van der Waals surface area contributed by atoms with E-state index in [9.17, 15) is 0 Å². The van der Waals surface area contributed by atoms with E-state index in [1.165, 1.54) is 5.56 Å². The number of rotatable bonds is 8. The lowest BCUT2D eigenvalue weighted by molar-refractivity contribution is -0.133. The van der Waals surface area contributed by atoms with Crippen LogP contribution in [-0.4, -0.2) is 31.0 Å². The normalized spacial score (nSPS) is 11.4. The van der Waals surface area contributed by atoms with Gasteiger partial charge in [-0.3, -0.25) is 4.98 Å². The van der Waals surface area contributed by atoms with Gasteiger partial charge in [0.05, 0.1) is 5.52 Å². The van der Waals surface area contributed by atoms with Crippen molar-refractivity contribution in [2.24, 2.45) is 0 Å². The van der Waals surface area contributed by atoms with Crippen LogP contribution in [0.2, 0.25) is 0 Å². The lowest BCUT2D eigenvalue weighted by Crippen LogP contribution is -2.31. The van der Waals surface area contributed by atoms with Gasteiger partial charge in [0.25, 0.3) is 0 Å². The van der Waals surface area contributed by atoms with Gasteiger partial charge < -0.3 is 14.8 Å². The van der Waals surface area contributed by atoms with Crippen molar-refractivity contribution in [2.75, 3.05) is 19.8 Å². The monoisotopic (exact) mass is 352 g/mol. The summed E-state index contributed by atoms with van der Waals surface area (Å²) in [5.74, 6) is 0. The first-order valence-corrected chi connectivity index (χ1v) is 8.01. The molecular weight excluding hydrogens is 332 g/mol. The van der Waals surface area contributed by atoms with E-state index >= 15 is 0 Å². The highest BCUT2D eigenvalue weighted by Crippen LogP contribution is 2.25. The average molecular weight is 353 g/mol. The standard InChI is InChI=1S/C16H21BrN2O2/c1-3-20-15(21-4-2)11-18-10-12-7-8-14(17)13-6-5-9-19-16(12)13/h5-9,15,18H,3-4,10-11H2,1-2H3. The van der Waals surface area contributed by atoms with Crippen LogP contribution >= 0.6 is 15.9 Å². The Balaban J connectivity index is 2.02. The Morgan fingerprint density at radius 1 is 1.19 bits per heavy atom. The van der Waals surface area contributed by atoms with E-state index < -0.39 is 0 Å². The van der Waals surface area contributed by atoms with Gasteiger partial charge in [0.1, 0.15) is 0 Å². The summed E-state index contributed by atoms with van der Waals surface area (Å²) in [5.41, 5.74) is 2.18. The molecule has 0 radical (unpaired) electrons. The molecule has 2 rings (SSSR count). The second-order valence-corrected chi connectivity index (χ2v) is 5.43. The van der Waals surface area contributed by atoms with Gasteiger partial charge in [0.15, 0.2) is 6.29 Å². The fraction of sp³-hybridized carbons (Fsp3) is 0.438. The maximum absolute atomic E-state index is 5.52. The van der Waals surface area contributed by atoms with Crippen molar-refractivity contribution in [1.29, 1.82) is 0 Å². The predicted octanol–water partition coefficient (Wildman–Crippen LogP) is 3.49. The number of hydrogen-bond donors (Lipinski definition) is 1. The first kappa shape index (κ1) is 16.4. The zero-order valence-electron chi connectivity index (χ0n) is 12.4. The molecule has 5 heteroatoms. The number of benzene rings is 1. The summed E-state index contributed by atoms with van der Waals surface area (Å²) < 4.78 is 12.1. The number of nitrogens with one attached hydrogen (secondary N) is 1. The summed E-state index contributed by atoms with van der Waals surface area (Å²) in [6, 6.07) is 8.16. The van der Waals surface area contributed by atoms with E-state index in [0.717, 1.165) is 21.9 Å². The SMILES string of the molecule is CCOC(CNCc1ccc(Br)c2cccnc12)OCC. The number of ether oxygens (including phenoxy) is 2. The van der Waals surface area contributed by atoms with Gasteiger partial charge >= 0.3 is 0 Å². The number of nitrogens with zero attached hydrogens (tertiary/aromatic N) is 1. The van der Waals surface area contributed by atoms with Crippen LogP contribution in [0.5, 0.6) is 0 Å². The summed E-state index contributed by atoms with van der Waals surface area (Å²) in [4.78, 5) is 4.48. The van der Waals surface area contributed by atoms with Crippen LogP contribution in [0.15, 0.2) is 34.9 Å². The Bertz CT molecular complexity index is 571. The summed E-state index contributed by atoms with van der Waals surface area (Å²) in [7, 11) is 0. The molecule has 114 valence electrons. The molecule has 1 aromatic carbocycles. The smallest absolute Gasteiger partial charge is 0.169 e. The molecule has 0 unspecified atom stereocenters. The Morgan fingerprint density at radius 3 is 2.67 bits per heavy atom.